The van der Waals surface area contributed by atoms with Crippen LogP contribution in [-0.4, -0.2) is 30.3 Å². The number of hydrogen-bond acceptors (Lipinski definition) is 3. The molecule has 2 rings (SSSR count). The lowest BCUT2D eigenvalue weighted by molar-refractivity contribution is -0.124. The van der Waals surface area contributed by atoms with Crippen molar-refractivity contribution in [1.29, 1.82) is 0 Å². The number of aliphatic hydroxyl groups excluding tert-OH is 1. The Morgan fingerprint density at radius 2 is 2.19 bits per heavy atom. The van der Waals surface area contributed by atoms with Crippen molar-refractivity contribution in [1.82, 2.24) is 5.32 Å². The van der Waals surface area contributed by atoms with Crippen LogP contribution in [0.5, 0.6) is 5.75 Å². The first-order valence-corrected chi connectivity index (χ1v) is 7.77. The van der Waals surface area contributed by atoms with Gasteiger partial charge in [0.15, 0.2) is 6.61 Å². The number of nitrogens with one attached hydrogen (secondary N) is 1. The molecule has 0 aliphatic heterocycles. The van der Waals surface area contributed by atoms with Crippen LogP contribution in [0.25, 0.3) is 0 Å². The summed E-state index contributed by atoms with van der Waals surface area (Å²) in [6.07, 6.45) is 4.12. The zero-order valence-electron chi connectivity index (χ0n) is 12.3. The van der Waals surface area contributed by atoms with Crippen LogP contribution in [0.1, 0.15) is 31.2 Å². The highest BCUT2D eigenvalue weighted by molar-refractivity contribution is 6.30. The van der Waals surface area contributed by atoms with Crippen molar-refractivity contribution >= 4 is 17.5 Å². The van der Waals surface area contributed by atoms with E-state index in [0.29, 0.717) is 10.8 Å². The number of benzene rings is 1. The molecule has 0 spiro atoms. The fraction of sp³-hybridized carbons (Fsp3) is 0.562. The van der Waals surface area contributed by atoms with Gasteiger partial charge in [-0.2, -0.15) is 0 Å². The summed E-state index contributed by atoms with van der Waals surface area (Å²) in [7, 11) is 0. The first kappa shape index (κ1) is 16.1. The molecule has 1 saturated carbocycles. The SMILES string of the molecule is Cc1cc(Cl)ccc1OCC(=O)NC1CCCCC1CO. The van der Waals surface area contributed by atoms with Crippen molar-refractivity contribution < 1.29 is 14.6 Å². The standard InChI is InChI=1S/C16H22ClNO3/c1-11-8-13(17)6-7-15(11)21-10-16(20)18-14-5-3-2-4-12(14)9-19/h6-8,12,14,19H,2-5,9-10H2,1H3,(H,18,20). The largest absolute Gasteiger partial charge is 0.484 e. The van der Waals surface area contributed by atoms with Gasteiger partial charge in [-0.25, -0.2) is 0 Å². The number of ether oxygens (including phenoxy) is 1. The third kappa shape index (κ3) is 4.61. The van der Waals surface area contributed by atoms with E-state index >= 15 is 0 Å². The molecule has 2 N–H and O–H groups in total. The highest BCUT2D eigenvalue weighted by atomic mass is 35.5. The van der Waals surface area contributed by atoms with Crippen LogP contribution in [0.3, 0.4) is 0 Å². The van der Waals surface area contributed by atoms with E-state index in [9.17, 15) is 9.90 Å². The topological polar surface area (TPSA) is 58.6 Å². The summed E-state index contributed by atoms with van der Waals surface area (Å²) >= 11 is 5.88. The Labute approximate surface area is 130 Å². The van der Waals surface area contributed by atoms with Gasteiger partial charge >= 0.3 is 0 Å². The minimum absolute atomic E-state index is 0.0167. The van der Waals surface area contributed by atoms with Gasteiger partial charge in [-0.15, -0.1) is 0 Å². The second-order valence-electron chi connectivity index (χ2n) is 5.60. The molecular formula is C16H22ClNO3. The molecule has 4 nitrogen and oxygen atoms in total. The van der Waals surface area contributed by atoms with E-state index in [4.69, 9.17) is 16.3 Å². The van der Waals surface area contributed by atoms with Gasteiger partial charge < -0.3 is 15.2 Å². The third-order valence-electron chi connectivity index (χ3n) is 3.99. The number of carbonyl (C=O) groups excluding carboxylic acids is 1. The van der Waals surface area contributed by atoms with E-state index in [1.165, 1.54) is 0 Å². The number of carbonyl (C=O) groups is 1. The lowest BCUT2D eigenvalue weighted by Crippen LogP contribution is -2.45. The van der Waals surface area contributed by atoms with Gasteiger partial charge in [0.2, 0.25) is 0 Å². The maximum absolute atomic E-state index is 12.0. The summed E-state index contributed by atoms with van der Waals surface area (Å²) in [6.45, 7) is 2.00. The molecule has 1 aromatic rings. The number of aliphatic hydroxyl groups is 1. The Balaban J connectivity index is 1.84. The first-order chi connectivity index (χ1) is 10.1. The molecule has 1 amide bonds. The molecule has 21 heavy (non-hydrogen) atoms. The van der Waals surface area contributed by atoms with Crippen LogP contribution in [0, 0.1) is 12.8 Å². The van der Waals surface area contributed by atoms with E-state index < -0.39 is 0 Å². The third-order valence-corrected chi connectivity index (χ3v) is 4.22. The summed E-state index contributed by atoms with van der Waals surface area (Å²) in [5.74, 6) is 0.687. The van der Waals surface area contributed by atoms with Crippen molar-refractivity contribution in [2.24, 2.45) is 5.92 Å². The van der Waals surface area contributed by atoms with Crippen molar-refractivity contribution in [3.63, 3.8) is 0 Å². The van der Waals surface area contributed by atoms with E-state index in [1.54, 1.807) is 18.2 Å². The molecule has 1 aliphatic carbocycles. The van der Waals surface area contributed by atoms with E-state index in [0.717, 1.165) is 31.2 Å². The number of amides is 1. The Bertz CT molecular complexity index is 492. The summed E-state index contributed by atoms with van der Waals surface area (Å²) in [6, 6.07) is 5.37. The van der Waals surface area contributed by atoms with Crippen molar-refractivity contribution in [3.8, 4) is 5.75 Å². The van der Waals surface area contributed by atoms with Crippen molar-refractivity contribution in [2.75, 3.05) is 13.2 Å². The Morgan fingerprint density at radius 3 is 2.90 bits per heavy atom. The van der Waals surface area contributed by atoms with Gasteiger partial charge in [-0.05, 0) is 43.5 Å². The number of halogens is 1. The Hall–Kier alpha value is -1.26. The molecule has 5 heteroatoms. The normalized spacial score (nSPS) is 21.9. The van der Waals surface area contributed by atoms with Crippen LogP contribution in [-0.2, 0) is 4.79 Å². The Kier molecular flexibility index (Phi) is 5.88. The molecule has 0 aromatic heterocycles. The van der Waals surface area contributed by atoms with Gasteiger partial charge in [0, 0.05) is 23.6 Å². The molecule has 2 atom stereocenters. The fourth-order valence-electron chi connectivity index (χ4n) is 2.78. The van der Waals surface area contributed by atoms with Gasteiger partial charge in [-0.3, -0.25) is 4.79 Å². The summed E-state index contributed by atoms with van der Waals surface area (Å²) in [5, 5.41) is 13.0. The monoisotopic (exact) mass is 311 g/mol. The second kappa shape index (κ2) is 7.66. The van der Waals surface area contributed by atoms with Gasteiger partial charge in [0.25, 0.3) is 5.91 Å². The highest BCUT2D eigenvalue weighted by Gasteiger charge is 2.25. The number of aryl methyl sites for hydroxylation is 1. The molecule has 116 valence electrons. The van der Waals surface area contributed by atoms with Crippen LogP contribution in [0.2, 0.25) is 5.02 Å². The molecule has 0 heterocycles. The second-order valence-corrected chi connectivity index (χ2v) is 6.04. The Morgan fingerprint density at radius 1 is 1.43 bits per heavy atom. The first-order valence-electron chi connectivity index (χ1n) is 7.39. The number of rotatable bonds is 5. The maximum Gasteiger partial charge on any atom is 0.258 e. The molecule has 0 saturated heterocycles. The average Bonchev–Trinajstić information content (AvgIpc) is 2.47. The van der Waals surface area contributed by atoms with E-state index in [-0.39, 0.29) is 31.1 Å². The molecule has 1 aromatic carbocycles. The average molecular weight is 312 g/mol. The van der Waals surface area contributed by atoms with Gasteiger partial charge in [-0.1, -0.05) is 24.4 Å². The molecule has 2 unspecified atom stereocenters. The van der Waals surface area contributed by atoms with Crippen LogP contribution in [0.4, 0.5) is 0 Å². The molecule has 0 bridgehead atoms. The van der Waals surface area contributed by atoms with E-state index in [2.05, 4.69) is 5.32 Å². The summed E-state index contributed by atoms with van der Waals surface area (Å²) in [4.78, 5) is 12.0. The highest BCUT2D eigenvalue weighted by Crippen LogP contribution is 2.24. The van der Waals surface area contributed by atoms with Crippen LogP contribution < -0.4 is 10.1 Å². The van der Waals surface area contributed by atoms with Crippen molar-refractivity contribution in [3.05, 3.63) is 28.8 Å². The lowest BCUT2D eigenvalue weighted by atomic mass is 9.85. The zero-order chi connectivity index (χ0) is 15.2. The minimum Gasteiger partial charge on any atom is -0.484 e. The minimum atomic E-state index is -0.144. The molecule has 1 aliphatic rings. The van der Waals surface area contributed by atoms with Gasteiger partial charge in [0.05, 0.1) is 0 Å². The predicted molar refractivity (Wildman–Crippen MR) is 82.7 cm³/mol. The smallest absolute Gasteiger partial charge is 0.258 e. The lowest BCUT2D eigenvalue weighted by Gasteiger charge is -2.30. The molecule has 0 radical (unpaired) electrons. The zero-order valence-corrected chi connectivity index (χ0v) is 13.0. The van der Waals surface area contributed by atoms with E-state index in [1.807, 2.05) is 6.92 Å². The summed E-state index contributed by atoms with van der Waals surface area (Å²) in [5.41, 5.74) is 0.904. The molecule has 1 fully saturated rings. The van der Waals surface area contributed by atoms with Crippen LogP contribution in [0.15, 0.2) is 18.2 Å². The van der Waals surface area contributed by atoms with Crippen molar-refractivity contribution in [2.45, 2.75) is 38.6 Å². The predicted octanol–water partition coefficient (Wildman–Crippen LogP) is 2.69. The van der Waals surface area contributed by atoms with Crippen LogP contribution >= 0.6 is 11.6 Å². The summed E-state index contributed by atoms with van der Waals surface area (Å²) < 4.78 is 5.53. The fourth-order valence-corrected chi connectivity index (χ4v) is 3.01. The van der Waals surface area contributed by atoms with Gasteiger partial charge in [0.1, 0.15) is 5.75 Å². The number of hydrogen-bond donors (Lipinski definition) is 2. The molecular weight excluding hydrogens is 290 g/mol. The quantitative estimate of drug-likeness (QED) is 0.879. The maximum atomic E-state index is 12.0.